The van der Waals surface area contributed by atoms with Crippen molar-refractivity contribution in [2.24, 2.45) is 0 Å². The molecular formula is C12H19N3O. The maximum atomic E-state index is 9.51. The first-order valence-electron chi connectivity index (χ1n) is 5.66. The van der Waals surface area contributed by atoms with E-state index in [9.17, 15) is 5.11 Å². The topological polar surface area (TPSA) is 61.5 Å². The average molecular weight is 221 g/mol. The summed E-state index contributed by atoms with van der Waals surface area (Å²) in [5, 5.41) is 12.6. The molecule has 88 valence electrons. The fraction of sp³-hybridized carbons (Fsp3) is 0.500. The highest BCUT2D eigenvalue weighted by Gasteiger charge is 2.20. The molecule has 1 aromatic rings. The summed E-state index contributed by atoms with van der Waals surface area (Å²) in [5.74, 6) is 0. The Bertz CT molecular complexity index is 367. The number of hydrogen-bond donors (Lipinski definition) is 3. The molecule has 0 spiro atoms. The molecule has 1 saturated heterocycles. The number of nitrogens with two attached hydrogens (primary N) is 1. The molecule has 0 saturated carbocycles. The fourth-order valence-electron chi connectivity index (χ4n) is 2.11. The zero-order valence-corrected chi connectivity index (χ0v) is 9.61. The van der Waals surface area contributed by atoms with Crippen LogP contribution in [0.3, 0.4) is 0 Å². The Kier molecular flexibility index (Phi) is 3.31. The molecule has 4 heteroatoms. The first-order valence-corrected chi connectivity index (χ1v) is 5.66. The predicted molar refractivity (Wildman–Crippen MR) is 66.5 cm³/mol. The van der Waals surface area contributed by atoms with Gasteiger partial charge >= 0.3 is 0 Å². The molecule has 1 aliphatic rings. The van der Waals surface area contributed by atoms with Crippen LogP contribution in [0.5, 0.6) is 0 Å². The molecule has 4 N–H and O–H groups in total. The highest BCUT2D eigenvalue weighted by molar-refractivity contribution is 5.59. The number of hydrogen-bond acceptors (Lipinski definition) is 4. The molecule has 1 aliphatic heterocycles. The lowest BCUT2D eigenvalue weighted by Gasteiger charge is -2.19. The smallest absolute Gasteiger partial charge is 0.0731 e. The SMILES string of the molecule is CNCc1cc(N2CCC(O)C2)ccc1N. The van der Waals surface area contributed by atoms with Crippen molar-refractivity contribution in [1.29, 1.82) is 0 Å². The van der Waals surface area contributed by atoms with Crippen LogP contribution >= 0.6 is 0 Å². The largest absolute Gasteiger partial charge is 0.398 e. The van der Waals surface area contributed by atoms with Gasteiger partial charge in [0.15, 0.2) is 0 Å². The molecule has 16 heavy (non-hydrogen) atoms. The predicted octanol–water partition coefficient (Wildman–Crippen LogP) is 0.559. The molecule has 4 nitrogen and oxygen atoms in total. The molecule has 0 radical (unpaired) electrons. The van der Waals surface area contributed by atoms with Crippen LogP contribution in [-0.2, 0) is 6.54 Å². The van der Waals surface area contributed by atoms with Crippen molar-refractivity contribution < 1.29 is 5.11 Å². The molecule has 0 aliphatic carbocycles. The number of anilines is 2. The van der Waals surface area contributed by atoms with Crippen LogP contribution < -0.4 is 16.0 Å². The van der Waals surface area contributed by atoms with Crippen molar-refractivity contribution >= 4 is 11.4 Å². The number of rotatable bonds is 3. The van der Waals surface area contributed by atoms with Gasteiger partial charge in [-0.05, 0) is 37.2 Å². The molecule has 1 aromatic carbocycles. The summed E-state index contributed by atoms with van der Waals surface area (Å²) in [4.78, 5) is 2.20. The number of aliphatic hydroxyl groups is 1. The molecule has 0 amide bonds. The second-order valence-electron chi connectivity index (χ2n) is 4.30. The quantitative estimate of drug-likeness (QED) is 0.653. The Morgan fingerprint density at radius 3 is 3.00 bits per heavy atom. The Labute approximate surface area is 96.1 Å². The van der Waals surface area contributed by atoms with E-state index in [0.717, 1.165) is 43.0 Å². The van der Waals surface area contributed by atoms with Gasteiger partial charge in [-0.15, -0.1) is 0 Å². The van der Waals surface area contributed by atoms with Gasteiger partial charge in [0, 0.05) is 31.0 Å². The van der Waals surface area contributed by atoms with Crippen molar-refractivity contribution in [3.63, 3.8) is 0 Å². The number of nitrogen functional groups attached to an aromatic ring is 1. The van der Waals surface area contributed by atoms with E-state index in [1.54, 1.807) is 0 Å². The van der Waals surface area contributed by atoms with Crippen LogP contribution in [0, 0.1) is 0 Å². The molecule has 1 atom stereocenters. The van der Waals surface area contributed by atoms with Gasteiger partial charge in [-0.25, -0.2) is 0 Å². The minimum Gasteiger partial charge on any atom is -0.398 e. The number of aliphatic hydroxyl groups excluding tert-OH is 1. The molecule has 1 fully saturated rings. The first-order chi connectivity index (χ1) is 7.70. The highest BCUT2D eigenvalue weighted by atomic mass is 16.3. The highest BCUT2D eigenvalue weighted by Crippen LogP contribution is 2.24. The lowest BCUT2D eigenvalue weighted by Crippen LogP contribution is -2.21. The van der Waals surface area contributed by atoms with Crippen LogP contribution in [0.2, 0.25) is 0 Å². The van der Waals surface area contributed by atoms with E-state index in [-0.39, 0.29) is 6.10 Å². The van der Waals surface area contributed by atoms with Crippen molar-refractivity contribution in [2.75, 3.05) is 30.8 Å². The summed E-state index contributed by atoms with van der Waals surface area (Å²) >= 11 is 0. The Morgan fingerprint density at radius 2 is 2.38 bits per heavy atom. The van der Waals surface area contributed by atoms with E-state index >= 15 is 0 Å². The zero-order valence-electron chi connectivity index (χ0n) is 9.61. The minimum absolute atomic E-state index is 0.190. The Hall–Kier alpha value is -1.26. The summed E-state index contributed by atoms with van der Waals surface area (Å²) in [6.45, 7) is 2.42. The van der Waals surface area contributed by atoms with E-state index in [1.807, 2.05) is 19.2 Å². The minimum atomic E-state index is -0.190. The van der Waals surface area contributed by atoms with E-state index in [4.69, 9.17) is 5.73 Å². The standard InChI is InChI=1S/C12H19N3O/c1-14-7-9-6-10(2-3-12(9)13)15-5-4-11(16)8-15/h2-3,6,11,14,16H,4-5,7-8,13H2,1H3. The lowest BCUT2D eigenvalue weighted by atomic mass is 10.1. The molecule has 0 aromatic heterocycles. The maximum absolute atomic E-state index is 9.51. The van der Waals surface area contributed by atoms with Crippen molar-refractivity contribution in [1.82, 2.24) is 5.32 Å². The van der Waals surface area contributed by atoms with Gasteiger partial charge in [-0.3, -0.25) is 0 Å². The third kappa shape index (κ3) is 2.28. The monoisotopic (exact) mass is 221 g/mol. The van der Waals surface area contributed by atoms with Gasteiger partial charge in [0.2, 0.25) is 0 Å². The Balaban J connectivity index is 2.18. The van der Waals surface area contributed by atoms with Crippen molar-refractivity contribution in [3.8, 4) is 0 Å². The zero-order chi connectivity index (χ0) is 11.5. The van der Waals surface area contributed by atoms with Gasteiger partial charge in [-0.2, -0.15) is 0 Å². The van der Waals surface area contributed by atoms with Gasteiger partial charge in [0.05, 0.1) is 6.10 Å². The third-order valence-electron chi connectivity index (χ3n) is 3.02. The van der Waals surface area contributed by atoms with E-state index in [1.165, 1.54) is 0 Å². The summed E-state index contributed by atoms with van der Waals surface area (Å²) in [7, 11) is 1.91. The molecule has 1 unspecified atom stereocenters. The maximum Gasteiger partial charge on any atom is 0.0731 e. The molecular weight excluding hydrogens is 202 g/mol. The van der Waals surface area contributed by atoms with Gasteiger partial charge < -0.3 is 21.1 Å². The van der Waals surface area contributed by atoms with Gasteiger partial charge in [0.1, 0.15) is 0 Å². The molecule has 0 bridgehead atoms. The normalized spacial score (nSPS) is 20.4. The number of β-amino-alcohol motifs (C(OH)–C–C–N with tert-alkyl or cyclic N) is 1. The first kappa shape index (κ1) is 11.2. The molecule has 2 rings (SSSR count). The lowest BCUT2D eigenvalue weighted by molar-refractivity contribution is 0.198. The summed E-state index contributed by atoms with van der Waals surface area (Å²) in [5.41, 5.74) is 8.97. The second kappa shape index (κ2) is 4.72. The van der Waals surface area contributed by atoms with Crippen LogP contribution in [0.4, 0.5) is 11.4 Å². The second-order valence-corrected chi connectivity index (χ2v) is 4.30. The summed E-state index contributed by atoms with van der Waals surface area (Å²) < 4.78 is 0. The third-order valence-corrected chi connectivity index (χ3v) is 3.02. The number of nitrogens with one attached hydrogen (secondary N) is 1. The van der Waals surface area contributed by atoms with Crippen LogP contribution in [0.25, 0.3) is 0 Å². The van der Waals surface area contributed by atoms with E-state index < -0.39 is 0 Å². The van der Waals surface area contributed by atoms with E-state index in [0.29, 0.717) is 0 Å². The Morgan fingerprint density at radius 1 is 1.56 bits per heavy atom. The number of benzene rings is 1. The summed E-state index contributed by atoms with van der Waals surface area (Å²) in [6.07, 6.45) is 0.663. The average Bonchev–Trinajstić information content (AvgIpc) is 2.69. The van der Waals surface area contributed by atoms with E-state index in [2.05, 4.69) is 16.3 Å². The van der Waals surface area contributed by atoms with Crippen LogP contribution in [-0.4, -0.2) is 31.3 Å². The number of nitrogens with zero attached hydrogens (tertiary/aromatic N) is 1. The van der Waals surface area contributed by atoms with Crippen molar-refractivity contribution in [3.05, 3.63) is 23.8 Å². The fourth-order valence-corrected chi connectivity index (χ4v) is 2.11. The van der Waals surface area contributed by atoms with Gasteiger partial charge in [-0.1, -0.05) is 0 Å². The summed E-state index contributed by atoms with van der Waals surface area (Å²) in [6, 6.07) is 6.06. The van der Waals surface area contributed by atoms with Crippen LogP contribution in [0.1, 0.15) is 12.0 Å². The van der Waals surface area contributed by atoms with Crippen LogP contribution in [0.15, 0.2) is 18.2 Å². The molecule has 1 heterocycles. The van der Waals surface area contributed by atoms with Gasteiger partial charge in [0.25, 0.3) is 0 Å². The van der Waals surface area contributed by atoms with Crippen molar-refractivity contribution in [2.45, 2.75) is 19.1 Å².